The average Bonchev–Trinajstić information content (AvgIpc) is 3.00. The van der Waals surface area contributed by atoms with Crippen LogP contribution in [-0.4, -0.2) is 16.0 Å². The minimum Gasteiger partial charge on any atom is -0.355 e. The van der Waals surface area contributed by atoms with E-state index in [9.17, 15) is 14.9 Å². The van der Waals surface area contributed by atoms with E-state index in [4.69, 9.17) is 4.52 Å². The first-order valence-electron chi connectivity index (χ1n) is 7.38. The fourth-order valence-electron chi connectivity index (χ4n) is 2.21. The first kappa shape index (κ1) is 16.2. The molecule has 1 amide bonds. The number of amides is 1. The summed E-state index contributed by atoms with van der Waals surface area (Å²) < 4.78 is 4.98. The maximum absolute atomic E-state index is 12.4. The Hall–Kier alpha value is -3.68. The van der Waals surface area contributed by atoms with Crippen LogP contribution in [0.1, 0.15) is 16.1 Å². The third kappa shape index (κ3) is 3.81. The number of anilines is 3. The van der Waals surface area contributed by atoms with Gasteiger partial charge in [-0.1, -0.05) is 17.3 Å². The number of nitrogens with zero attached hydrogens (tertiary/aromatic N) is 2. The lowest BCUT2D eigenvalue weighted by Gasteiger charge is -2.11. The van der Waals surface area contributed by atoms with E-state index >= 15 is 0 Å². The molecule has 0 fully saturated rings. The van der Waals surface area contributed by atoms with Gasteiger partial charge >= 0.3 is 0 Å². The molecule has 0 radical (unpaired) electrons. The van der Waals surface area contributed by atoms with Crippen LogP contribution in [0.3, 0.4) is 0 Å². The average molecular weight is 338 g/mol. The van der Waals surface area contributed by atoms with Crippen molar-refractivity contribution in [3.63, 3.8) is 0 Å². The lowest BCUT2D eigenvalue weighted by atomic mass is 10.1. The van der Waals surface area contributed by atoms with E-state index in [1.807, 2.05) is 0 Å². The smallest absolute Gasteiger partial charge is 0.269 e. The molecule has 0 saturated heterocycles. The van der Waals surface area contributed by atoms with Gasteiger partial charge in [-0.2, -0.15) is 0 Å². The molecule has 1 heterocycles. The van der Waals surface area contributed by atoms with Gasteiger partial charge in [0.25, 0.3) is 11.6 Å². The Morgan fingerprint density at radius 1 is 1.16 bits per heavy atom. The van der Waals surface area contributed by atoms with Gasteiger partial charge in [-0.3, -0.25) is 20.2 Å². The molecule has 0 aliphatic rings. The molecule has 0 saturated carbocycles. The molecule has 8 nitrogen and oxygen atoms in total. The number of para-hydroxylation sites is 1. The monoisotopic (exact) mass is 338 g/mol. The predicted molar refractivity (Wildman–Crippen MR) is 92.0 cm³/mol. The van der Waals surface area contributed by atoms with Gasteiger partial charge in [0.15, 0.2) is 0 Å². The molecule has 0 bridgehead atoms. The zero-order valence-electron chi connectivity index (χ0n) is 13.2. The summed E-state index contributed by atoms with van der Waals surface area (Å²) >= 11 is 0. The number of aryl methyl sites for hydroxylation is 1. The van der Waals surface area contributed by atoms with E-state index in [-0.39, 0.29) is 17.5 Å². The van der Waals surface area contributed by atoms with Gasteiger partial charge in [0.2, 0.25) is 5.88 Å². The van der Waals surface area contributed by atoms with Gasteiger partial charge in [-0.15, -0.1) is 0 Å². The minimum absolute atomic E-state index is 0.00253. The molecule has 126 valence electrons. The first-order chi connectivity index (χ1) is 12.0. The fourth-order valence-corrected chi connectivity index (χ4v) is 2.21. The van der Waals surface area contributed by atoms with Crippen molar-refractivity contribution in [3.05, 3.63) is 76.0 Å². The van der Waals surface area contributed by atoms with Crippen molar-refractivity contribution < 1.29 is 14.2 Å². The molecule has 2 aromatic carbocycles. The third-order valence-corrected chi connectivity index (χ3v) is 3.39. The number of non-ortho nitro benzene ring substituents is 1. The van der Waals surface area contributed by atoms with Crippen LogP contribution in [0.2, 0.25) is 0 Å². The molecule has 0 aliphatic heterocycles. The molecule has 8 heteroatoms. The van der Waals surface area contributed by atoms with E-state index in [0.29, 0.717) is 22.6 Å². The zero-order valence-corrected chi connectivity index (χ0v) is 13.2. The van der Waals surface area contributed by atoms with E-state index in [1.54, 1.807) is 49.4 Å². The molecular weight excluding hydrogens is 324 g/mol. The number of nitrogens with one attached hydrogen (secondary N) is 2. The summed E-state index contributed by atoms with van der Waals surface area (Å²) in [5.41, 5.74) is 2.24. The molecule has 3 rings (SSSR count). The maximum Gasteiger partial charge on any atom is 0.269 e. The van der Waals surface area contributed by atoms with Crippen LogP contribution >= 0.6 is 0 Å². The number of hydrogen-bond acceptors (Lipinski definition) is 6. The number of nitro groups is 1. The molecule has 25 heavy (non-hydrogen) atoms. The summed E-state index contributed by atoms with van der Waals surface area (Å²) in [5, 5.41) is 20.1. The second-order valence-corrected chi connectivity index (χ2v) is 5.26. The molecule has 0 spiro atoms. The van der Waals surface area contributed by atoms with Crippen molar-refractivity contribution in [2.45, 2.75) is 6.92 Å². The quantitative estimate of drug-likeness (QED) is 0.539. The number of carbonyl (C=O) groups excluding carboxylic acids is 1. The highest BCUT2D eigenvalue weighted by atomic mass is 16.6. The second kappa shape index (κ2) is 6.83. The third-order valence-electron chi connectivity index (χ3n) is 3.39. The van der Waals surface area contributed by atoms with Gasteiger partial charge in [0, 0.05) is 23.9 Å². The summed E-state index contributed by atoms with van der Waals surface area (Å²) in [7, 11) is 0. The van der Waals surface area contributed by atoms with Gasteiger partial charge in [-0.05, 0) is 31.2 Å². The minimum atomic E-state index is -0.468. The lowest BCUT2D eigenvalue weighted by Crippen LogP contribution is -2.13. The van der Waals surface area contributed by atoms with E-state index in [2.05, 4.69) is 15.8 Å². The van der Waals surface area contributed by atoms with Crippen LogP contribution in [-0.2, 0) is 0 Å². The van der Waals surface area contributed by atoms with Crippen molar-refractivity contribution in [1.82, 2.24) is 5.16 Å². The van der Waals surface area contributed by atoms with Crippen LogP contribution in [0, 0.1) is 17.0 Å². The Kier molecular flexibility index (Phi) is 4.42. The number of hydrogen-bond donors (Lipinski definition) is 2. The summed E-state index contributed by atoms with van der Waals surface area (Å²) in [4.78, 5) is 22.7. The highest BCUT2D eigenvalue weighted by Crippen LogP contribution is 2.24. The standard InChI is InChI=1S/C17H14N4O4/c1-11-10-16(25-20-11)19-17(22)14-4-2-3-5-15(14)18-12-6-8-13(9-7-12)21(23)24/h2-10,18H,1H3,(H,19,22). The topological polar surface area (TPSA) is 110 Å². The van der Waals surface area contributed by atoms with Crippen LogP contribution in [0.5, 0.6) is 0 Å². The SMILES string of the molecule is Cc1cc(NC(=O)c2ccccc2Nc2ccc([N+](=O)[O-])cc2)on1. The van der Waals surface area contributed by atoms with Crippen molar-refractivity contribution in [2.24, 2.45) is 0 Å². The highest BCUT2D eigenvalue weighted by molar-refractivity contribution is 6.07. The Balaban J connectivity index is 1.80. The van der Waals surface area contributed by atoms with Crippen molar-refractivity contribution >= 4 is 28.9 Å². The summed E-state index contributed by atoms with van der Waals surface area (Å²) in [6.45, 7) is 1.75. The molecule has 2 N–H and O–H groups in total. The summed E-state index contributed by atoms with van der Waals surface area (Å²) in [5.74, 6) is -0.103. The number of rotatable bonds is 5. The summed E-state index contributed by atoms with van der Waals surface area (Å²) in [6.07, 6.45) is 0. The Labute approximate surface area is 142 Å². The highest BCUT2D eigenvalue weighted by Gasteiger charge is 2.14. The van der Waals surface area contributed by atoms with E-state index in [1.165, 1.54) is 12.1 Å². The predicted octanol–water partition coefficient (Wildman–Crippen LogP) is 3.89. The van der Waals surface area contributed by atoms with Crippen molar-refractivity contribution in [1.29, 1.82) is 0 Å². The molecule has 0 unspecified atom stereocenters. The van der Waals surface area contributed by atoms with Crippen LogP contribution in [0.15, 0.2) is 59.1 Å². The normalized spacial score (nSPS) is 10.3. The van der Waals surface area contributed by atoms with E-state index < -0.39 is 4.92 Å². The number of nitro benzene ring substituents is 1. The summed E-state index contributed by atoms with van der Waals surface area (Å²) in [6, 6.07) is 14.5. The lowest BCUT2D eigenvalue weighted by molar-refractivity contribution is -0.384. The number of aromatic nitrogens is 1. The van der Waals surface area contributed by atoms with Gasteiger partial charge in [0.05, 0.1) is 21.9 Å². The van der Waals surface area contributed by atoms with Crippen LogP contribution < -0.4 is 10.6 Å². The Morgan fingerprint density at radius 3 is 2.52 bits per heavy atom. The largest absolute Gasteiger partial charge is 0.355 e. The zero-order chi connectivity index (χ0) is 17.8. The number of carbonyl (C=O) groups is 1. The van der Waals surface area contributed by atoms with Crippen LogP contribution in [0.4, 0.5) is 22.9 Å². The van der Waals surface area contributed by atoms with E-state index in [0.717, 1.165) is 0 Å². The maximum atomic E-state index is 12.4. The molecule has 0 aliphatic carbocycles. The van der Waals surface area contributed by atoms with Crippen molar-refractivity contribution in [3.8, 4) is 0 Å². The van der Waals surface area contributed by atoms with Gasteiger partial charge in [-0.25, -0.2) is 0 Å². The molecular formula is C17H14N4O4. The number of benzene rings is 2. The van der Waals surface area contributed by atoms with Gasteiger partial charge in [0.1, 0.15) is 0 Å². The Morgan fingerprint density at radius 2 is 1.88 bits per heavy atom. The molecule has 0 atom stereocenters. The first-order valence-corrected chi connectivity index (χ1v) is 7.38. The van der Waals surface area contributed by atoms with Crippen LogP contribution in [0.25, 0.3) is 0 Å². The fraction of sp³-hybridized carbons (Fsp3) is 0.0588. The second-order valence-electron chi connectivity index (χ2n) is 5.26. The van der Waals surface area contributed by atoms with Crippen molar-refractivity contribution in [2.75, 3.05) is 10.6 Å². The Bertz CT molecular complexity index is 918. The molecule has 3 aromatic rings. The van der Waals surface area contributed by atoms with Gasteiger partial charge < -0.3 is 9.84 Å². The molecule has 1 aromatic heterocycles.